The summed E-state index contributed by atoms with van der Waals surface area (Å²) in [5, 5.41) is 11.3. The maximum atomic E-state index is 5.73. The lowest BCUT2D eigenvalue weighted by molar-refractivity contribution is 0.776. The smallest absolute Gasteiger partial charge is 0.171 e. The maximum absolute atomic E-state index is 5.73. The Bertz CT molecular complexity index is 452. The Morgan fingerprint density at radius 3 is 3.00 bits per heavy atom. The molecule has 1 aromatic carbocycles. The quantitative estimate of drug-likeness (QED) is 0.746. The summed E-state index contributed by atoms with van der Waals surface area (Å²) < 4.78 is 1.66. The standard InChI is InChI=1S/C10H11ClN4/c1-2-8-4-3-5-9(6-8)15-10(7-11)12-13-14-15/h3-6H,2,7H2,1H3. The van der Waals surface area contributed by atoms with Crippen molar-refractivity contribution in [3.8, 4) is 5.69 Å². The van der Waals surface area contributed by atoms with Gasteiger partial charge in [-0.3, -0.25) is 0 Å². The molecule has 0 N–H and O–H groups in total. The van der Waals surface area contributed by atoms with E-state index < -0.39 is 0 Å². The molecule has 2 aromatic rings. The Hall–Kier alpha value is -1.42. The zero-order valence-electron chi connectivity index (χ0n) is 8.39. The zero-order valence-corrected chi connectivity index (χ0v) is 9.15. The summed E-state index contributed by atoms with van der Waals surface area (Å²) in [6, 6.07) is 8.10. The number of rotatable bonds is 3. The van der Waals surface area contributed by atoms with E-state index in [2.05, 4.69) is 34.6 Å². The first-order chi connectivity index (χ1) is 7.35. The fourth-order valence-electron chi connectivity index (χ4n) is 1.40. The minimum absolute atomic E-state index is 0.309. The van der Waals surface area contributed by atoms with Crippen LogP contribution in [0.5, 0.6) is 0 Å². The topological polar surface area (TPSA) is 43.6 Å². The van der Waals surface area contributed by atoms with Crippen molar-refractivity contribution in [1.29, 1.82) is 0 Å². The minimum atomic E-state index is 0.309. The Kier molecular flexibility index (Phi) is 2.97. The van der Waals surface area contributed by atoms with E-state index in [1.54, 1.807) is 4.68 Å². The molecular formula is C10H11ClN4. The van der Waals surface area contributed by atoms with E-state index in [-0.39, 0.29) is 0 Å². The summed E-state index contributed by atoms with van der Waals surface area (Å²) in [6.07, 6.45) is 0.992. The number of aryl methyl sites for hydroxylation is 1. The van der Waals surface area contributed by atoms with Crippen molar-refractivity contribution in [2.75, 3.05) is 0 Å². The van der Waals surface area contributed by atoms with Crippen molar-refractivity contribution in [2.24, 2.45) is 0 Å². The van der Waals surface area contributed by atoms with E-state index in [0.29, 0.717) is 11.7 Å². The molecular weight excluding hydrogens is 212 g/mol. The lowest BCUT2D eigenvalue weighted by Crippen LogP contribution is -2.01. The minimum Gasteiger partial charge on any atom is -0.196 e. The van der Waals surface area contributed by atoms with Gasteiger partial charge in [0.25, 0.3) is 0 Å². The van der Waals surface area contributed by atoms with Gasteiger partial charge in [-0.05, 0) is 34.5 Å². The maximum Gasteiger partial charge on any atom is 0.171 e. The lowest BCUT2D eigenvalue weighted by Gasteiger charge is -2.03. The van der Waals surface area contributed by atoms with Crippen LogP contribution in [-0.4, -0.2) is 20.2 Å². The van der Waals surface area contributed by atoms with Crippen molar-refractivity contribution >= 4 is 11.6 Å². The average Bonchev–Trinajstić information content (AvgIpc) is 2.77. The highest BCUT2D eigenvalue weighted by atomic mass is 35.5. The second kappa shape index (κ2) is 4.40. The Balaban J connectivity index is 2.44. The van der Waals surface area contributed by atoms with Crippen molar-refractivity contribution < 1.29 is 0 Å². The van der Waals surface area contributed by atoms with E-state index in [1.807, 2.05) is 12.1 Å². The molecule has 0 atom stereocenters. The highest BCUT2D eigenvalue weighted by molar-refractivity contribution is 6.16. The van der Waals surface area contributed by atoms with Gasteiger partial charge in [-0.1, -0.05) is 19.1 Å². The van der Waals surface area contributed by atoms with Gasteiger partial charge < -0.3 is 0 Å². The van der Waals surface area contributed by atoms with Crippen LogP contribution in [0.2, 0.25) is 0 Å². The van der Waals surface area contributed by atoms with Crippen LogP contribution in [0.25, 0.3) is 5.69 Å². The van der Waals surface area contributed by atoms with Crippen LogP contribution in [0.4, 0.5) is 0 Å². The SMILES string of the molecule is CCc1cccc(-n2nnnc2CCl)c1. The summed E-state index contributed by atoms with van der Waals surface area (Å²) in [6.45, 7) is 2.11. The van der Waals surface area contributed by atoms with Crippen LogP contribution in [0.3, 0.4) is 0 Å². The first kappa shape index (κ1) is 10.1. The molecule has 0 saturated carbocycles. The first-order valence-corrected chi connectivity index (χ1v) is 5.31. The number of halogens is 1. The molecule has 0 radical (unpaired) electrons. The number of tetrazole rings is 1. The van der Waals surface area contributed by atoms with Gasteiger partial charge in [-0.15, -0.1) is 16.7 Å². The van der Waals surface area contributed by atoms with Crippen LogP contribution >= 0.6 is 11.6 Å². The first-order valence-electron chi connectivity index (χ1n) is 4.77. The average molecular weight is 223 g/mol. The Labute approximate surface area is 92.9 Å². The molecule has 15 heavy (non-hydrogen) atoms. The van der Waals surface area contributed by atoms with Crippen LogP contribution in [0.1, 0.15) is 18.3 Å². The van der Waals surface area contributed by atoms with Gasteiger partial charge in [0.15, 0.2) is 5.82 Å². The normalized spacial score (nSPS) is 10.5. The van der Waals surface area contributed by atoms with E-state index in [0.717, 1.165) is 12.1 Å². The number of alkyl halides is 1. The molecule has 0 aliphatic rings. The fourth-order valence-corrected chi connectivity index (χ4v) is 1.56. The molecule has 5 heteroatoms. The molecule has 1 aromatic heterocycles. The highest BCUT2D eigenvalue weighted by Gasteiger charge is 2.06. The third kappa shape index (κ3) is 1.99. The van der Waals surface area contributed by atoms with Crippen LogP contribution in [0, 0.1) is 0 Å². The number of benzene rings is 1. The molecule has 1 heterocycles. The van der Waals surface area contributed by atoms with Gasteiger partial charge >= 0.3 is 0 Å². The number of hydrogen-bond donors (Lipinski definition) is 0. The molecule has 0 aliphatic carbocycles. The van der Waals surface area contributed by atoms with Crippen molar-refractivity contribution in [3.05, 3.63) is 35.7 Å². The Morgan fingerprint density at radius 2 is 2.27 bits per heavy atom. The van der Waals surface area contributed by atoms with Crippen LogP contribution in [0.15, 0.2) is 24.3 Å². The highest BCUT2D eigenvalue weighted by Crippen LogP contribution is 2.12. The molecule has 0 fully saturated rings. The molecule has 2 rings (SSSR count). The predicted molar refractivity (Wildman–Crippen MR) is 58.1 cm³/mol. The monoisotopic (exact) mass is 222 g/mol. The molecule has 0 amide bonds. The third-order valence-electron chi connectivity index (χ3n) is 2.22. The van der Waals surface area contributed by atoms with Gasteiger partial charge in [-0.2, -0.15) is 4.68 Å². The van der Waals surface area contributed by atoms with Gasteiger partial charge in [0.05, 0.1) is 11.6 Å². The summed E-state index contributed by atoms with van der Waals surface area (Å²) >= 11 is 5.73. The van der Waals surface area contributed by atoms with E-state index >= 15 is 0 Å². The van der Waals surface area contributed by atoms with Gasteiger partial charge in [0, 0.05) is 0 Å². The Morgan fingerprint density at radius 1 is 1.40 bits per heavy atom. The molecule has 4 nitrogen and oxygen atoms in total. The van der Waals surface area contributed by atoms with Gasteiger partial charge in [0.1, 0.15) is 0 Å². The molecule has 78 valence electrons. The zero-order chi connectivity index (χ0) is 10.7. The summed E-state index contributed by atoms with van der Waals surface area (Å²) in [4.78, 5) is 0. The molecule has 0 saturated heterocycles. The molecule has 0 unspecified atom stereocenters. The largest absolute Gasteiger partial charge is 0.196 e. The van der Waals surface area contributed by atoms with Gasteiger partial charge in [-0.25, -0.2) is 0 Å². The second-order valence-electron chi connectivity index (χ2n) is 3.16. The predicted octanol–water partition coefficient (Wildman–Crippen LogP) is 1.96. The van der Waals surface area contributed by atoms with E-state index in [1.165, 1.54) is 5.56 Å². The fraction of sp³-hybridized carbons (Fsp3) is 0.300. The summed E-state index contributed by atoms with van der Waals surface area (Å²) in [5.74, 6) is 0.966. The lowest BCUT2D eigenvalue weighted by atomic mass is 10.1. The summed E-state index contributed by atoms with van der Waals surface area (Å²) in [5.41, 5.74) is 2.21. The summed E-state index contributed by atoms with van der Waals surface area (Å²) in [7, 11) is 0. The number of hydrogen-bond acceptors (Lipinski definition) is 3. The van der Waals surface area contributed by atoms with Crippen molar-refractivity contribution in [2.45, 2.75) is 19.2 Å². The van der Waals surface area contributed by atoms with Crippen LogP contribution in [-0.2, 0) is 12.3 Å². The van der Waals surface area contributed by atoms with Crippen LogP contribution < -0.4 is 0 Å². The number of aromatic nitrogens is 4. The van der Waals surface area contributed by atoms with E-state index in [4.69, 9.17) is 11.6 Å². The van der Waals surface area contributed by atoms with Crippen molar-refractivity contribution in [1.82, 2.24) is 20.2 Å². The van der Waals surface area contributed by atoms with Gasteiger partial charge in [0.2, 0.25) is 0 Å². The molecule has 0 bridgehead atoms. The van der Waals surface area contributed by atoms with E-state index in [9.17, 15) is 0 Å². The molecule has 0 spiro atoms. The number of nitrogens with zero attached hydrogens (tertiary/aromatic N) is 4. The molecule has 0 aliphatic heterocycles. The third-order valence-corrected chi connectivity index (χ3v) is 2.46. The second-order valence-corrected chi connectivity index (χ2v) is 3.43. The van der Waals surface area contributed by atoms with Crippen molar-refractivity contribution in [3.63, 3.8) is 0 Å².